The van der Waals surface area contributed by atoms with Crippen molar-refractivity contribution in [2.24, 2.45) is 5.92 Å². The van der Waals surface area contributed by atoms with E-state index in [0.717, 1.165) is 24.2 Å². The minimum Gasteiger partial charge on any atom is -0.454 e. The maximum atomic E-state index is 12.4. The largest absolute Gasteiger partial charge is 0.454 e. The number of carbonyl (C=O) groups is 4. The Morgan fingerprint density at radius 1 is 1.15 bits per heavy atom. The molecule has 2 aliphatic rings. The third-order valence-electron chi connectivity index (χ3n) is 5.36. The molecular weight excluding hydrogens is 348 g/mol. The monoisotopic (exact) mass is 372 g/mol. The maximum Gasteiger partial charge on any atom is 0.329 e. The van der Waals surface area contributed by atoms with Crippen LogP contribution in [0, 0.1) is 5.92 Å². The van der Waals surface area contributed by atoms with E-state index in [0.29, 0.717) is 5.92 Å². The van der Waals surface area contributed by atoms with Crippen molar-refractivity contribution >= 4 is 23.7 Å². The van der Waals surface area contributed by atoms with Gasteiger partial charge in [-0.3, -0.25) is 19.3 Å². The van der Waals surface area contributed by atoms with Crippen molar-refractivity contribution in [2.45, 2.75) is 51.6 Å². The van der Waals surface area contributed by atoms with Crippen molar-refractivity contribution in [3.05, 3.63) is 35.4 Å². The summed E-state index contributed by atoms with van der Waals surface area (Å²) in [5, 5.41) is 2.90. The zero-order valence-electron chi connectivity index (χ0n) is 15.6. The second-order valence-electron chi connectivity index (χ2n) is 7.25. The molecule has 0 radical (unpaired) electrons. The van der Waals surface area contributed by atoms with Crippen LogP contribution in [0.5, 0.6) is 0 Å². The van der Waals surface area contributed by atoms with Crippen LogP contribution in [0.15, 0.2) is 24.3 Å². The molecule has 144 valence electrons. The van der Waals surface area contributed by atoms with Gasteiger partial charge in [0.05, 0.1) is 11.1 Å². The molecule has 3 amide bonds. The van der Waals surface area contributed by atoms with Crippen molar-refractivity contribution in [2.75, 3.05) is 6.61 Å². The summed E-state index contributed by atoms with van der Waals surface area (Å²) < 4.78 is 5.05. The molecule has 0 spiro atoms. The van der Waals surface area contributed by atoms with E-state index in [4.69, 9.17) is 4.74 Å². The van der Waals surface area contributed by atoms with Crippen molar-refractivity contribution in [3.63, 3.8) is 0 Å². The van der Waals surface area contributed by atoms with Crippen molar-refractivity contribution in [1.82, 2.24) is 10.2 Å². The van der Waals surface area contributed by atoms with E-state index >= 15 is 0 Å². The first kappa shape index (κ1) is 19.1. The second kappa shape index (κ2) is 7.90. The molecule has 7 nitrogen and oxygen atoms in total. The minimum absolute atomic E-state index is 0.0959. The molecule has 1 N–H and O–H groups in total. The van der Waals surface area contributed by atoms with Gasteiger partial charge < -0.3 is 10.1 Å². The molecule has 27 heavy (non-hydrogen) atoms. The number of nitrogens with zero attached hydrogens (tertiary/aromatic N) is 1. The summed E-state index contributed by atoms with van der Waals surface area (Å²) in [6, 6.07) is 5.41. The Balaban J connectivity index is 1.55. The van der Waals surface area contributed by atoms with E-state index in [2.05, 4.69) is 12.2 Å². The quantitative estimate of drug-likeness (QED) is 0.630. The number of ether oxygens (including phenoxy) is 1. The summed E-state index contributed by atoms with van der Waals surface area (Å²) >= 11 is 0. The summed E-state index contributed by atoms with van der Waals surface area (Å²) in [5.41, 5.74) is 0.539. The highest BCUT2D eigenvalue weighted by Crippen LogP contribution is 2.25. The molecule has 0 saturated heterocycles. The lowest BCUT2D eigenvalue weighted by atomic mass is 9.86. The lowest BCUT2D eigenvalue weighted by Crippen LogP contribution is -2.46. The van der Waals surface area contributed by atoms with E-state index < -0.39 is 30.4 Å². The Morgan fingerprint density at radius 2 is 1.74 bits per heavy atom. The highest BCUT2D eigenvalue weighted by molar-refractivity contribution is 6.22. The van der Waals surface area contributed by atoms with Gasteiger partial charge in [0.1, 0.15) is 6.04 Å². The molecule has 1 aromatic rings. The number of fused-ring (bicyclic) bond motifs is 1. The fourth-order valence-corrected chi connectivity index (χ4v) is 3.70. The number of rotatable bonds is 5. The Labute approximate surface area is 158 Å². The fraction of sp³-hybridized carbons (Fsp3) is 0.500. The van der Waals surface area contributed by atoms with Crippen LogP contribution in [0.3, 0.4) is 0 Å². The maximum absolute atomic E-state index is 12.4. The molecule has 1 saturated carbocycles. The second-order valence-corrected chi connectivity index (χ2v) is 7.25. The van der Waals surface area contributed by atoms with Crippen LogP contribution in [-0.4, -0.2) is 47.3 Å². The Bertz CT molecular complexity index is 740. The van der Waals surface area contributed by atoms with Gasteiger partial charge in [0, 0.05) is 6.04 Å². The van der Waals surface area contributed by atoms with Gasteiger partial charge in [0.2, 0.25) is 0 Å². The molecule has 3 atom stereocenters. The van der Waals surface area contributed by atoms with Crippen molar-refractivity contribution < 1.29 is 23.9 Å². The average molecular weight is 372 g/mol. The highest BCUT2D eigenvalue weighted by atomic mass is 16.5. The van der Waals surface area contributed by atoms with E-state index in [-0.39, 0.29) is 23.1 Å². The van der Waals surface area contributed by atoms with Gasteiger partial charge in [0.25, 0.3) is 17.7 Å². The Morgan fingerprint density at radius 3 is 2.33 bits per heavy atom. The van der Waals surface area contributed by atoms with E-state index in [9.17, 15) is 19.2 Å². The topological polar surface area (TPSA) is 92.8 Å². The van der Waals surface area contributed by atoms with Gasteiger partial charge in [0.15, 0.2) is 6.61 Å². The van der Waals surface area contributed by atoms with Crippen LogP contribution in [-0.2, 0) is 14.3 Å². The molecule has 0 bridgehead atoms. The number of esters is 1. The van der Waals surface area contributed by atoms with E-state index in [1.807, 2.05) is 0 Å². The zero-order chi connectivity index (χ0) is 19.6. The predicted molar refractivity (Wildman–Crippen MR) is 96.9 cm³/mol. The lowest BCUT2D eigenvalue weighted by molar-refractivity contribution is -0.152. The first-order valence-electron chi connectivity index (χ1n) is 9.33. The summed E-state index contributed by atoms with van der Waals surface area (Å²) in [7, 11) is 0. The molecule has 3 rings (SSSR count). The smallest absolute Gasteiger partial charge is 0.329 e. The Kier molecular flexibility index (Phi) is 5.58. The number of imide groups is 1. The molecule has 1 aromatic carbocycles. The predicted octanol–water partition coefficient (Wildman–Crippen LogP) is 1.91. The third kappa shape index (κ3) is 3.86. The third-order valence-corrected chi connectivity index (χ3v) is 5.36. The first-order valence-corrected chi connectivity index (χ1v) is 9.33. The number of carbonyl (C=O) groups excluding carboxylic acids is 4. The van der Waals surface area contributed by atoms with Crippen LogP contribution in [0.4, 0.5) is 0 Å². The minimum atomic E-state index is -1.10. The van der Waals surface area contributed by atoms with Crippen LogP contribution >= 0.6 is 0 Å². The van der Waals surface area contributed by atoms with E-state index in [1.54, 1.807) is 24.3 Å². The van der Waals surface area contributed by atoms with Crippen LogP contribution in [0.25, 0.3) is 0 Å². The molecule has 0 unspecified atom stereocenters. The standard InChI is InChI=1S/C20H24N2O5/c1-12-7-3-6-10-16(12)21-17(23)11-27-20(26)13(2)22-18(24)14-8-4-5-9-15(14)19(22)25/h4-5,8-9,12-13,16H,3,6-7,10-11H2,1-2H3,(H,21,23)/t12-,13-,16-/m1/s1. The van der Waals surface area contributed by atoms with Gasteiger partial charge in [-0.25, -0.2) is 4.79 Å². The van der Waals surface area contributed by atoms with Gasteiger partial charge in [-0.2, -0.15) is 0 Å². The van der Waals surface area contributed by atoms with Gasteiger partial charge in [-0.1, -0.05) is 31.9 Å². The number of nitrogens with one attached hydrogen (secondary N) is 1. The number of amides is 3. The number of hydrogen-bond acceptors (Lipinski definition) is 5. The fourth-order valence-electron chi connectivity index (χ4n) is 3.70. The lowest BCUT2D eigenvalue weighted by Gasteiger charge is -2.29. The summed E-state index contributed by atoms with van der Waals surface area (Å²) in [6.07, 6.45) is 4.24. The molecule has 1 fully saturated rings. The Hall–Kier alpha value is -2.70. The summed E-state index contributed by atoms with van der Waals surface area (Å²) in [6.45, 7) is 3.10. The van der Waals surface area contributed by atoms with Gasteiger partial charge >= 0.3 is 5.97 Å². The van der Waals surface area contributed by atoms with Crippen LogP contribution in [0.1, 0.15) is 60.2 Å². The normalized spacial score (nSPS) is 23.0. The molecule has 7 heteroatoms. The number of hydrogen-bond donors (Lipinski definition) is 1. The average Bonchev–Trinajstić information content (AvgIpc) is 2.92. The molecular formula is C20H24N2O5. The van der Waals surface area contributed by atoms with Gasteiger partial charge in [-0.15, -0.1) is 0 Å². The molecule has 1 aliphatic heterocycles. The van der Waals surface area contributed by atoms with Crippen molar-refractivity contribution in [3.8, 4) is 0 Å². The molecule has 1 aliphatic carbocycles. The molecule has 1 heterocycles. The highest BCUT2D eigenvalue weighted by Gasteiger charge is 2.41. The van der Waals surface area contributed by atoms with Crippen LogP contribution in [0.2, 0.25) is 0 Å². The number of benzene rings is 1. The SMILES string of the molecule is C[C@@H]1CCCC[C@H]1NC(=O)COC(=O)[C@@H](C)N1C(=O)c2ccccc2C1=O. The van der Waals surface area contributed by atoms with E-state index in [1.165, 1.54) is 13.3 Å². The van der Waals surface area contributed by atoms with Crippen LogP contribution < -0.4 is 5.32 Å². The summed E-state index contributed by atoms with van der Waals surface area (Å²) in [5.74, 6) is -1.80. The first-order chi connectivity index (χ1) is 12.9. The zero-order valence-corrected chi connectivity index (χ0v) is 15.6. The summed E-state index contributed by atoms with van der Waals surface area (Å²) in [4.78, 5) is 50.1. The van der Waals surface area contributed by atoms with Crippen molar-refractivity contribution in [1.29, 1.82) is 0 Å². The molecule has 0 aromatic heterocycles. The van der Waals surface area contributed by atoms with Gasteiger partial charge in [-0.05, 0) is 37.8 Å².